The topological polar surface area (TPSA) is 24.1 Å². The first-order chi connectivity index (χ1) is 6.67. The van der Waals surface area contributed by atoms with Crippen molar-refractivity contribution in [1.29, 1.82) is 0 Å². The lowest BCUT2D eigenvalue weighted by molar-refractivity contribution is 0.664. The van der Waals surface area contributed by atoms with Crippen LogP contribution in [0.5, 0.6) is 0 Å². The first-order valence-corrected chi connectivity index (χ1v) is 8.02. The molecule has 2 unspecified atom stereocenters. The van der Waals surface area contributed by atoms with Gasteiger partial charge in [0.2, 0.25) is 0 Å². The van der Waals surface area contributed by atoms with Crippen LogP contribution in [0.3, 0.4) is 0 Å². The highest BCUT2D eigenvalue weighted by Crippen LogP contribution is 2.23. The van der Waals surface area contributed by atoms with Crippen LogP contribution in [-0.4, -0.2) is 22.2 Å². The standard InChI is InChI=1S/C11H28N2Si/c1-6-10(4)14(11(5)7-2)13-9-12-8-3/h10-14H,6-9H2,1-5H3. The van der Waals surface area contributed by atoms with Gasteiger partial charge in [0.05, 0.1) is 0 Å². The van der Waals surface area contributed by atoms with E-state index in [4.69, 9.17) is 0 Å². The van der Waals surface area contributed by atoms with Gasteiger partial charge in [-0.3, -0.25) is 0 Å². The summed E-state index contributed by atoms with van der Waals surface area (Å²) in [6.45, 7) is 13.6. The minimum absolute atomic E-state index is 0.766. The maximum atomic E-state index is 3.75. The second kappa shape index (κ2) is 8.45. The molecule has 0 bridgehead atoms. The van der Waals surface area contributed by atoms with Gasteiger partial charge in [-0.1, -0.05) is 47.5 Å². The Kier molecular flexibility index (Phi) is 8.53. The van der Waals surface area contributed by atoms with Gasteiger partial charge >= 0.3 is 0 Å². The Hall–Kier alpha value is 0.137. The summed E-state index contributed by atoms with van der Waals surface area (Å²) in [5, 5.41) is 3.36. The van der Waals surface area contributed by atoms with Crippen molar-refractivity contribution in [3.8, 4) is 0 Å². The summed E-state index contributed by atoms with van der Waals surface area (Å²) in [5.41, 5.74) is 1.81. The molecular formula is C11H28N2Si. The lowest BCUT2D eigenvalue weighted by Crippen LogP contribution is -2.45. The molecule has 0 saturated carbocycles. The monoisotopic (exact) mass is 216 g/mol. The number of hydrogen-bond acceptors (Lipinski definition) is 2. The van der Waals surface area contributed by atoms with Crippen molar-refractivity contribution in [2.75, 3.05) is 13.2 Å². The summed E-state index contributed by atoms with van der Waals surface area (Å²) in [5.74, 6) is 0. The lowest BCUT2D eigenvalue weighted by atomic mass is 10.4. The third-order valence-electron chi connectivity index (χ3n) is 3.23. The van der Waals surface area contributed by atoms with Gasteiger partial charge in [0, 0.05) is 6.67 Å². The molecule has 0 spiro atoms. The SMILES string of the molecule is CCNCN[SiH](C(C)CC)C(C)CC. The maximum Gasteiger partial charge on any atom is 0.115 e. The lowest BCUT2D eigenvalue weighted by Gasteiger charge is -2.27. The first-order valence-electron chi connectivity index (χ1n) is 6.11. The Morgan fingerprint density at radius 3 is 1.86 bits per heavy atom. The molecule has 14 heavy (non-hydrogen) atoms. The summed E-state index contributed by atoms with van der Waals surface area (Å²) in [7, 11) is -0.766. The molecule has 0 amide bonds. The van der Waals surface area contributed by atoms with E-state index >= 15 is 0 Å². The molecule has 0 fully saturated rings. The van der Waals surface area contributed by atoms with Crippen LogP contribution in [0.4, 0.5) is 0 Å². The molecule has 0 aromatic heterocycles. The molecule has 0 saturated heterocycles. The molecule has 0 aliphatic carbocycles. The molecule has 2 nitrogen and oxygen atoms in total. The third-order valence-corrected chi connectivity index (χ3v) is 7.30. The van der Waals surface area contributed by atoms with Gasteiger partial charge in [-0.05, 0) is 17.6 Å². The van der Waals surface area contributed by atoms with Crippen LogP contribution in [0.15, 0.2) is 0 Å². The zero-order chi connectivity index (χ0) is 11.0. The van der Waals surface area contributed by atoms with Crippen LogP contribution in [-0.2, 0) is 0 Å². The van der Waals surface area contributed by atoms with E-state index in [1.807, 2.05) is 0 Å². The molecule has 0 aliphatic heterocycles. The van der Waals surface area contributed by atoms with Crippen molar-refractivity contribution >= 4 is 8.96 Å². The van der Waals surface area contributed by atoms with E-state index < -0.39 is 8.96 Å². The Balaban J connectivity index is 3.97. The van der Waals surface area contributed by atoms with Crippen LogP contribution in [0.1, 0.15) is 47.5 Å². The zero-order valence-corrected chi connectivity index (χ0v) is 11.7. The van der Waals surface area contributed by atoms with Crippen LogP contribution < -0.4 is 10.3 Å². The molecule has 0 heterocycles. The zero-order valence-electron chi connectivity index (χ0n) is 10.6. The fraction of sp³-hybridized carbons (Fsp3) is 1.00. The molecule has 0 aromatic carbocycles. The number of nitrogens with one attached hydrogen (secondary N) is 2. The molecule has 0 radical (unpaired) electrons. The highest BCUT2D eigenvalue weighted by atomic mass is 28.3. The predicted molar refractivity (Wildman–Crippen MR) is 68.3 cm³/mol. The van der Waals surface area contributed by atoms with Crippen molar-refractivity contribution in [3.05, 3.63) is 0 Å². The second-order valence-electron chi connectivity index (χ2n) is 4.28. The van der Waals surface area contributed by atoms with E-state index in [0.29, 0.717) is 0 Å². The summed E-state index contributed by atoms with van der Waals surface area (Å²) >= 11 is 0. The fourth-order valence-electron chi connectivity index (χ4n) is 1.79. The maximum absolute atomic E-state index is 3.75. The number of rotatable bonds is 8. The summed E-state index contributed by atoms with van der Waals surface area (Å²) in [6.07, 6.45) is 2.64. The largest absolute Gasteiger partial charge is 0.327 e. The van der Waals surface area contributed by atoms with Crippen LogP contribution in [0.25, 0.3) is 0 Å². The van der Waals surface area contributed by atoms with Gasteiger partial charge < -0.3 is 10.3 Å². The molecule has 0 rings (SSSR count). The van der Waals surface area contributed by atoms with Crippen LogP contribution in [0, 0.1) is 0 Å². The Labute approximate surface area is 91.5 Å². The molecular weight excluding hydrogens is 188 g/mol. The van der Waals surface area contributed by atoms with E-state index in [1.165, 1.54) is 12.8 Å². The van der Waals surface area contributed by atoms with Crippen molar-refractivity contribution in [1.82, 2.24) is 10.3 Å². The van der Waals surface area contributed by atoms with Crippen molar-refractivity contribution in [2.24, 2.45) is 0 Å². The van der Waals surface area contributed by atoms with Crippen LogP contribution >= 0.6 is 0 Å². The Bertz CT molecular complexity index is 120. The summed E-state index contributed by atoms with van der Waals surface area (Å²) in [6, 6.07) is 0. The van der Waals surface area contributed by atoms with Gasteiger partial charge in [-0.2, -0.15) is 0 Å². The minimum Gasteiger partial charge on any atom is -0.327 e. The average Bonchev–Trinajstić information content (AvgIpc) is 2.22. The number of hydrogen-bond donors (Lipinski definition) is 2. The fourth-order valence-corrected chi connectivity index (χ4v) is 5.11. The van der Waals surface area contributed by atoms with Crippen molar-refractivity contribution in [3.63, 3.8) is 0 Å². The highest BCUT2D eigenvalue weighted by molar-refractivity contribution is 6.59. The molecule has 2 atom stereocenters. The summed E-state index contributed by atoms with van der Waals surface area (Å²) in [4.78, 5) is 3.75. The smallest absolute Gasteiger partial charge is 0.115 e. The normalized spacial score (nSPS) is 17.8. The first kappa shape index (κ1) is 14.1. The van der Waals surface area contributed by atoms with E-state index in [9.17, 15) is 0 Å². The second-order valence-corrected chi connectivity index (χ2v) is 8.02. The van der Waals surface area contributed by atoms with Gasteiger partial charge in [-0.15, -0.1) is 0 Å². The van der Waals surface area contributed by atoms with E-state index in [-0.39, 0.29) is 0 Å². The summed E-state index contributed by atoms with van der Waals surface area (Å²) < 4.78 is 0. The van der Waals surface area contributed by atoms with E-state index in [1.54, 1.807) is 0 Å². The minimum atomic E-state index is -0.766. The predicted octanol–water partition coefficient (Wildman–Crippen LogP) is 2.47. The molecule has 86 valence electrons. The molecule has 2 N–H and O–H groups in total. The van der Waals surface area contributed by atoms with Gasteiger partial charge in [0.15, 0.2) is 0 Å². The molecule has 0 aliphatic rings. The van der Waals surface area contributed by atoms with Gasteiger partial charge in [-0.25, -0.2) is 0 Å². The van der Waals surface area contributed by atoms with Gasteiger partial charge in [0.25, 0.3) is 0 Å². The third kappa shape index (κ3) is 5.13. The van der Waals surface area contributed by atoms with E-state index in [0.717, 1.165) is 24.3 Å². The molecule has 0 aromatic rings. The highest BCUT2D eigenvalue weighted by Gasteiger charge is 2.22. The quantitative estimate of drug-likeness (QED) is 0.370. The van der Waals surface area contributed by atoms with E-state index in [2.05, 4.69) is 44.9 Å². The molecule has 3 heteroatoms. The van der Waals surface area contributed by atoms with Crippen LogP contribution in [0.2, 0.25) is 11.1 Å². The van der Waals surface area contributed by atoms with Crippen molar-refractivity contribution in [2.45, 2.75) is 58.5 Å². The Morgan fingerprint density at radius 2 is 1.50 bits per heavy atom. The van der Waals surface area contributed by atoms with Gasteiger partial charge in [0.1, 0.15) is 8.96 Å². The average molecular weight is 216 g/mol. The van der Waals surface area contributed by atoms with Crippen molar-refractivity contribution < 1.29 is 0 Å². The Morgan fingerprint density at radius 1 is 1.00 bits per heavy atom.